The van der Waals surface area contributed by atoms with Crippen LogP contribution in [0.3, 0.4) is 0 Å². The molecule has 4 heteroatoms. The van der Waals surface area contributed by atoms with E-state index >= 15 is 0 Å². The summed E-state index contributed by atoms with van der Waals surface area (Å²) in [5, 5.41) is 6.18. The van der Waals surface area contributed by atoms with Crippen LogP contribution in [0, 0.1) is 5.92 Å². The molecule has 1 fully saturated rings. The number of carbonyl (C=O) groups excluding carboxylic acids is 1. The first-order valence-corrected chi connectivity index (χ1v) is 4.91. The SMILES string of the molecule is CC(C)C(=O)NCN1CCNCC1. The van der Waals surface area contributed by atoms with Gasteiger partial charge in [0.2, 0.25) is 5.91 Å². The molecule has 0 aromatic rings. The maximum atomic E-state index is 11.2. The number of nitrogens with one attached hydrogen (secondary N) is 2. The van der Waals surface area contributed by atoms with Gasteiger partial charge in [-0.25, -0.2) is 0 Å². The van der Waals surface area contributed by atoms with Gasteiger partial charge in [-0.2, -0.15) is 0 Å². The second-order valence-corrected chi connectivity index (χ2v) is 3.72. The van der Waals surface area contributed by atoms with Gasteiger partial charge in [0.05, 0.1) is 6.67 Å². The van der Waals surface area contributed by atoms with E-state index in [0.29, 0.717) is 6.67 Å². The predicted octanol–water partition coefficient (Wildman–Crippen LogP) is -0.379. The van der Waals surface area contributed by atoms with Crippen molar-refractivity contribution >= 4 is 5.91 Å². The fourth-order valence-electron chi connectivity index (χ4n) is 1.26. The predicted molar refractivity (Wildman–Crippen MR) is 52.3 cm³/mol. The van der Waals surface area contributed by atoms with Crippen LogP contribution >= 0.6 is 0 Å². The van der Waals surface area contributed by atoms with Gasteiger partial charge in [-0.15, -0.1) is 0 Å². The molecule has 0 aromatic heterocycles. The van der Waals surface area contributed by atoms with Crippen molar-refractivity contribution < 1.29 is 4.79 Å². The van der Waals surface area contributed by atoms with Gasteiger partial charge in [0.15, 0.2) is 0 Å². The summed E-state index contributed by atoms with van der Waals surface area (Å²) >= 11 is 0. The lowest BCUT2D eigenvalue weighted by Crippen LogP contribution is -2.48. The fourth-order valence-corrected chi connectivity index (χ4v) is 1.26. The Labute approximate surface area is 79.7 Å². The van der Waals surface area contributed by atoms with Crippen LogP contribution in [0.1, 0.15) is 13.8 Å². The van der Waals surface area contributed by atoms with E-state index < -0.39 is 0 Å². The lowest BCUT2D eigenvalue weighted by molar-refractivity contribution is -0.124. The third-order valence-corrected chi connectivity index (χ3v) is 2.21. The topological polar surface area (TPSA) is 44.4 Å². The molecule has 0 aromatic carbocycles. The molecule has 1 amide bonds. The second-order valence-electron chi connectivity index (χ2n) is 3.72. The minimum atomic E-state index is 0.0860. The quantitative estimate of drug-likeness (QED) is 0.630. The Morgan fingerprint density at radius 3 is 2.62 bits per heavy atom. The van der Waals surface area contributed by atoms with Crippen molar-refractivity contribution in [1.29, 1.82) is 0 Å². The Morgan fingerprint density at radius 1 is 1.46 bits per heavy atom. The maximum absolute atomic E-state index is 11.2. The lowest BCUT2D eigenvalue weighted by Gasteiger charge is -2.27. The summed E-state index contributed by atoms with van der Waals surface area (Å²) in [6.45, 7) is 8.62. The van der Waals surface area contributed by atoms with Gasteiger partial charge in [0, 0.05) is 32.1 Å². The Hall–Kier alpha value is -0.610. The number of nitrogens with zero attached hydrogens (tertiary/aromatic N) is 1. The molecule has 0 atom stereocenters. The van der Waals surface area contributed by atoms with E-state index in [9.17, 15) is 4.79 Å². The van der Waals surface area contributed by atoms with Crippen LogP contribution in [0.4, 0.5) is 0 Å². The van der Waals surface area contributed by atoms with E-state index in [1.807, 2.05) is 13.8 Å². The van der Waals surface area contributed by atoms with Gasteiger partial charge >= 0.3 is 0 Å². The fraction of sp³-hybridized carbons (Fsp3) is 0.889. The van der Waals surface area contributed by atoms with Crippen molar-refractivity contribution in [2.45, 2.75) is 13.8 Å². The molecular weight excluding hydrogens is 166 g/mol. The molecule has 1 saturated heterocycles. The largest absolute Gasteiger partial charge is 0.343 e. The van der Waals surface area contributed by atoms with Crippen molar-refractivity contribution in [3.63, 3.8) is 0 Å². The minimum Gasteiger partial charge on any atom is -0.343 e. The first-order chi connectivity index (χ1) is 6.20. The average molecular weight is 185 g/mol. The standard InChI is InChI=1S/C9H19N3O/c1-8(2)9(13)11-7-12-5-3-10-4-6-12/h8,10H,3-7H2,1-2H3,(H,11,13). The molecule has 0 spiro atoms. The highest BCUT2D eigenvalue weighted by molar-refractivity contribution is 5.77. The van der Waals surface area contributed by atoms with Gasteiger partial charge in [0.25, 0.3) is 0 Å². The van der Waals surface area contributed by atoms with Gasteiger partial charge < -0.3 is 10.6 Å². The van der Waals surface area contributed by atoms with Gasteiger partial charge in [-0.1, -0.05) is 13.8 Å². The van der Waals surface area contributed by atoms with Crippen LogP contribution in [0.2, 0.25) is 0 Å². The highest BCUT2D eigenvalue weighted by Crippen LogP contribution is 1.93. The molecule has 0 radical (unpaired) electrons. The van der Waals surface area contributed by atoms with E-state index in [2.05, 4.69) is 15.5 Å². The first kappa shape index (κ1) is 10.5. The molecule has 1 aliphatic rings. The molecule has 1 rings (SSSR count). The summed E-state index contributed by atoms with van der Waals surface area (Å²) in [7, 11) is 0. The summed E-state index contributed by atoms with van der Waals surface area (Å²) in [6, 6.07) is 0. The van der Waals surface area contributed by atoms with Gasteiger partial charge in [-0.3, -0.25) is 9.69 Å². The Morgan fingerprint density at radius 2 is 2.08 bits per heavy atom. The second kappa shape index (κ2) is 5.19. The number of rotatable bonds is 3. The van der Waals surface area contributed by atoms with Crippen molar-refractivity contribution in [2.24, 2.45) is 5.92 Å². The summed E-state index contributed by atoms with van der Waals surface area (Å²) < 4.78 is 0. The zero-order valence-corrected chi connectivity index (χ0v) is 8.47. The molecule has 4 nitrogen and oxygen atoms in total. The lowest BCUT2D eigenvalue weighted by atomic mass is 10.2. The van der Waals surface area contributed by atoms with Crippen molar-refractivity contribution in [3.8, 4) is 0 Å². The van der Waals surface area contributed by atoms with Crippen molar-refractivity contribution in [1.82, 2.24) is 15.5 Å². The van der Waals surface area contributed by atoms with Gasteiger partial charge in [-0.05, 0) is 0 Å². The van der Waals surface area contributed by atoms with Crippen molar-refractivity contribution in [2.75, 3.05) is 32.8 Å². The molecule has 1 aliphatic heterocycles. The third-order valence-electron chi connectivity index (χ3n) is 2.21. The highest BCUT2D eigenvalue weighted by atomic mass is 16.1. The normalized spacial score (nSPS) is 19.0. The van der Waals surface area contributed by atoms with E-state index in [1.165, 1.54) is 0 Å². The van der Waals surface area contributed by atoms with E-state index in [1.54, 1.807) is 0 Å². The molecule has 0 saturated carbocycles. The van der Waals surface area contributed by atoms with Gasteiger partial charge in [0.1, 0.15) is 0 Å². The van der Waals surface area contributed by atoms with Crippen LogP contribution in [0.5, 0.6) is 0 Å². The van der Waals surface area contributed by atoms with Crippen LogP contribution < -0.4 is 10.6 Å². The molecule has 2 N–H and O–H groups in total. The molecule has 13 heavy (non-hydrogen) atoms. The monoisotopic (exact) mass is 185 g/mol. The molecule has 76 valence electrons. The van der Waals surface area contributed by atoms with Crippen molar-refractivity contribution in [3.05, 3.63) is 0 Å². The molecular formula is C9H19N3O. The van der Waals surface area contributed by atoms with Crippen LogP contribution in [-0.2, 0) is 4.79 Å². The third kappa shape index (κ3) is 3.74. The van der Waals surface area contributed by atoms with Crippen LogP contribution in [0.25, 0.3) is 0 Å². The summed E-state index contributed by atoms with van der Waals surface area (Å²) in [6.07, 6.45) is 0. The number of carbonyl (C=O) groups is 1. The number of amides is 1. The van der Waals surface area contributed by atoms with Crippen LogP contribution in [-0.4, -0.2) is 43.7 Å². The van der Waals surface area contributed by atoms with E-state index in [4.69, 9.17) is 0 Å². The summed E-state index contributed by atoms with van der Waals surface area (Å²) in [5.74, 6) is 0.224. The number of piperazine rings is 1. The zero-order valence-electron chi connectivity index (χ0n) is 8.47. The summed E-state index contributed by atoms with van der Waals surface area (Å²) in [5.41, 5.74) is 0. The Bertz CT molecular complexity index is 164. The summed E-state index contributed by atoms with van der Waals surface area (Å²) in [4.78, 5) is 13.5. The molecule has 0 aliphatic carbocycles. The highest BCUT2D eigenvalue weighted by Gasteiger charge is 2.11. The Kier molecular flexibility index (Phi) is 4.18. The number of hydrogen-bond donors (Lipinski definition) is 2. The molecule has 0 unspecified atom stereocenters. The van der Waals surface area contributed by atoms with Crippen LogP contribution in [0.15, 0.2) is 0 Å². The maximum Gasteiger partial charge on any atom is 0.223 e. The first-order valence-electron chi connectivity index (χ1n) is 4.91. The molecule has 1 heterocycles. The molecule has 0 bridgehead atoms. The van der Waals surface area contributed by atoms with E-state index in [-0.39, 0.29) is 11.8 Å². The zero-order chi connectivity index (χ0) is 9.68. The number of hydrogen-bond acceptors (Lipinski definition) is 3. The van der Waals surface area contributed by atoms with E-state index in [0.717, 1.165) is 26.2 Å². The Balaban J connectivity index is 2.13. The minimum absolute atomic E-state index is 0.0860. The average Bonchev–Trinajstić information content (AvgIpc) is 2.15. The smallest absolute Gasteiger partial charge is 0.223 e.